The highest BCUT2D eigenvalue weighted by molar-refractivity contribution is 9.11. The minimum atomic E-state index is -3.63. The zero-order valence-corrected chi connectivity index (χ0v) is 19.3. The lowest BCUT2D eigenvalue weighted by molar-refractivity contribution is 0.548. The van der Waals surface area contributed by atoms with Gasteiger partial charge in [-0.25, -0.2) is 13.1 Å². The highest BCUT2D eigenvalue weighted by Crippen LogP contribution is 2.38. The van der Waals surface area contributed by atoms with Crippen LogP contribution in [0.2, 0.25) is 5.02 Å². The summed E-state index contributed by atoms with van der Waals surface area (Å²) in [4.78, 5) is 0.224. The normalized spacial score (nSPS) is 20.8. The van der Waals surface area contributed by atoms with Crippen LogP contribution in [0, 0.1) is 0 Å². The molecule has 1 aliphatic carbocycles. The van der Waals surface area contributed by atoms with E-state index in [1.54, 1.807) is 12.1 Å². The Morgan fingerprint density at radius 2 is 1.72 bits per heavy atom. The van der Waals surface area contributed by atoms with Gasteiger partial charge in [0, 0.05) is 24.5 Å². The average Bonchev–Trinajstić information content (AvgIpc) is 2.93. The number of sulfonamides is 1. The van der Waals surface area contributed by atoms with Gasteiger partial charge in [-0.15, -0.1) is 0 Å². The molecule has 1 fully saturated rings. The van der Waals surface area contributed by atoms with Crippen molar-refractivity contribution in [2.24, 2.45) is 0 Å². The van der Waals surface area contributed by atoms with Gasteiger partial charge in [-0.3, -0.25) is 0 Å². The molecule has 0 saturated heterocycles. The van der Waals surface area contributed by atoms with Crippen LogP contribution in [-0.4, -0.2) is 14.5 Å². The molecule has 0 heterocycles. The Kier molecular flexibility index (Phi) is 6.33. The molecule has 3 rings (SSSR count). The Balaban J connectivity index is 1.77. The van der Waals surface area contributed by atoms with E-state index in [0.29, 0.717) is 19.9 Å². The SMILES string of the molecule is O=S(=O)(NC1CCC(c2cccc(Cl)c2)C1)c1c(Br)cc(Br)cc1Br. The van der Waals surface area contributed by atoms with Crippen molar-refractivity contribution in [2.45, 2.75) is 36.1 Å². The van der Waals surface area contributed by atoms with Gasteiger partial charge in [0.25, 0.3) is 0 Å². The summed E-state index contributed by atoms with van der Waals surface area (Å²) in [5, 5.41) is 0.712. The fourth-order valence-corrected chi connectivity index (χ4v) is 8.35. The van der Waals surface area contributed by atoms with Crippen molar-refractivity contribution in [3.63, 3.8) is 0 Å². The van der Waals surface area contributed by atoms with Crippen molar-refractivity contribution in [3.05, 3.63) is 60.4 Å². The molecule has 2 aromatic carbocycles. The van der Waals surface area contributed by atoms with Crippen molar-refractivity contribution >= 4 is 69.4 Å². The summed E-state index contributed by atoms with van der Waals surface area (Å²) in [6.45, 7) is 0. The third kappa shape index (κ3) is 4.68. The summed E-state index contributed by atoms with van der Waals surface area (Å²) in [6, 6.07) is 11.2. The highest BCUT2D eigenvalue weighted by Gasteiger charge is 2.31. The molecular weight excluding hydrogens is 557 g/mol. The summed E-state index contributed by atoms with van der Waals surface area (Å²) in [5.41, 5.74) is 1.17. The van der Waals surface area contributed by atoms with E-state index < -0.39 is 10.0 Å². The van der Waals surface area contributed by atoms with E-state index in [1.807, 2.05) is 18.2 Å². The van der Waals surface area contributed by atoms with Gasteiger partial charge in [0.2, 0.25) is 10.0 Å². The molecule has 0 aromatic heterocycles. The lowest BCUT2D eigenvalue weighted by Crippen LogP contribution is -2.33. The Bertz CT molecular complexity index is 882. The molecule has 1 N–H and O–H groups in total. The number of halogens is 4. The molecule has 134 valence electrons. The topological polar surface area (TPSA) is 46.2 Å². The Morgan fingerprint density at radius 3 is 2.36 bits per heavy atom. The second-order valence-corrected chi connectivity index (χ2v) is 10.8. The van der Waals surface area contributed by atoms with E-state index >= 15 is 0 Å². The van der Waals surface area contributed by atoms with Gasteiger partial charge >= 0.3 is 0 Å². The van der Waals surface area contributed by atoms with Crippen LogP contribution in [0.25, 0.3) is 0 Å². The third-order valence-corrected chi connectivity index (χ3v) is 8.40. The molecule has 2 aromatic rings. The van der Waals surface area contributed by atoms with Gasteiger partial charge in [-0.05, 0) is 86.9 Å². The number of rotatable bonds is 4. The molecule has 2 atom stereocenters. The van der Waals surface area contributed by atoms with E-state index in [4.69, 9.17) is 11.6 Å². The zero-order chi connectivity index (χ0) is 18.2. The average molecular weight is 573 g/mol. The summed E-state index contributed by atoms with van der Waals surface area (Å²) in [6.07, 6.45) is 2.52. The van der Waals surface area contributed by atoms with Gasteiger partial charge < -0.3 is 0 Å². The van der Waals surface area contributed by atoms with E-state index in [1.165, 1.54) is 5.56 Å². The largest absolute Gasteiger partial charge is 0.243 e. The van der Waals surface area contributed by atoms with E-state index in [0.717, 1.165) is 23.7 Å². The number of hydrogen-bond donors (Lipinski definition) is 1. The Morgan fingerprint density at radius 1 is 1.04 bits per heavy atom. The van der Waals surface area contributed by atoms with E-state index in [-0.39, 0.29) is 10.9 Å². The number of nitrogens with one attached hydrogen (secondary N) is 1. The van der Waals surface area contributed by atoms with Crippen molar-refractivity contribution < 1.29 is 8.42 Å². The molecule has 0 spiro atoms. The minimum absolute atomic E-state index is 0.0866. The monoisotopic (exact) mass is 569 g/mol. The molecule has 3 nitrogen and oxygen atoms in total. The van der Waals surface area contributed by atoms with Crippen LogP contribution in [0.5, 0.6) is 0 Å². The van der Waals surface area contributed by atoms with Crippen molar-refractivity contribution in [2.75, 3.05) is 0 Å². The fraction of sp³-hybridized carbons (Fsp3) is 0.294. The van der Waals surface area contributed by atoms with Gasteiger partial charge in [0.05, 0.1) is 0 Å². The van der Waals surface area contributed by atoms with Crippen LogP contribution in [0.1, 0.15) is 30.7 Å². The fourth-order valence-electron chi connectivity index (χ4n) is 3.22. The van der Waals surface area contributed by atoms with Crippen molar-refractivity contribution in [3.8, 4) is 0 Å². The molecule has 0 bridgehead atoms. The Labute approximate surface area is 178 Å². The first-order valence-electron chi connectivity index (χ1n) is 7.68. The predicted octanol–water partition coefficient (Wildman–Crippen LogP) is 6.24. The molecule has 2 unspecified atom stereocenters. The van der Waals surface area contributed by atoms with Gasteiger partial charge in [-0.1, -0.05) is 39.7 Å². The van der Waals surface area contributed by atoms with Crippen LogP contribution in [-0.2, 0) is 10.0 Å². The summed E-state index contributed by atoms with van der Waals surface area (Å²) >= 11 is 16.1. The van der Waals surface area contributed by atoms with E-state index in [2.05, 4.69) is 58.6 Å². The molecule has 1 saturated carbocycles. The summed E-state index contributed by atoms with van der Waals surface area (Å²) in [5.74, 6) is 0.322. The number of hydrogen-bond acceptors (Lipinski definition) is 2. The van der Waals surface area contributed by atoms with Crippen molar-refractivity contribution in [1.29, 1.82) is 0 Å². The lowest BCUT2D eigenvalue weighted by Gasteiger charge is -2.16. The van der Waals surface area contributed by atoms with Gasteiger partial charge in [-0.2, -0.15) is 0 Å². The Hall–Kier alpha value is 0.0800. The molecular formula is C17H15Br3ClNO2S. The first-order chi connectivity index (χ1) is 11.8. The lowest BCUT2D eigenvalue weighted by atomic mass is 9.98. The molecule has 0 aliphatic heterocycles. The molecule has 25 heavy (non-hydrogen) atoms. The standard InChI is InChI=1S/C17H15Br3ClNO2S/c18-12-8-15(19)17(16(20)9-12)25(23,24)22-14-5-4-11(7-14)10-2-1-3-13(21)6-10/h1-3,6,8-9,11,14,22H,4-5,7H2. The molecule has 8 heteroatoms. The van der Waals surface area contributed by atoms with E-state index in [9.17, 15) is 8.42 Å². The quantitative estimate of drug-likeness (QED) is 0.472. The zero-order valence-electron chi connectivity index (χ0n) is 13.0. The maximum absolute atomic E-state index is 12.8. The smallest absolute Gasteiger partial charge is 0.208 e. The maximum Gasteiger partial charge on any atom is 0.243 e. The van der Waals surface area contributed by atoms with Crippen LogP contribution in [0.15, 0.2) is 54.7 Å². The minimum Gasteiger partial charge on any atom is -0.208 e. The summed E-state index contributed by atoms with van der Waals surface area (Å²) < 4.78 is 30.3. The maximum atomic E-state index is 12.8. The highest BCUT2D eigenvalue weighted by atomic mass is 79.9. The van der Waals surface area contributed by atoms with Crippen LogP contribution < -0.4 is 4.72 Å². The molecule has 0 radical (unpaired) electrons. The second kappa shape index (κ2) is 7.98. The molecule has 1 aliphatic rings. The third-order valence-electron chi connectivity index (χ3n) is 4.31. The first-order valence-corrected chi connectivity index (χ1v) is 11.9. The number of benzene rings is 2. The first kappa shape index (κ1) is 19.8. The predicted molar refractivity (Wildman–Crippen MR) is 112 cm³/mol. The van der Waals surface area contributed by atoms with Crippen LogP contribution >= 0.6 is 59.4 Å². The van der Waals surface area contributed by atoms with Crippen molar-refractivity contribution in [1.82, 2.24) is 4.72 Å². The van der Waals surface area contributed by atoms with Crippen LogP contribution in [0.3, 0.4) is 0 Å². The second-order valence-electron chi connectivity index (χ2n) is 6.08. The van der Waals surface area contributed by atoms with Gasteiger partial charge in [0.1, 0.15) is 4.90 Å². The molecule has 0 amide bonds. The van der Waals surface area contributed by atoms with Crippen LogP contribution in [0.4, 0.5) is 0 Å². The summed E-state index contributed by atoms with van der Waals surface area (Å²) in [7, 11) is -3.63. The van der Waals surface area contributed by atoms with Gasteiger partial charge in [0.15, 0.2) is 0 Å².